The number of halogens is 1. The maximum Gasteiger partial charge on any atom is 0.123 e. The molecule has 2 atom stereocenters. The Hall–Kier alpha value is -0.580. The fourth-order valence-corrected chi connectivity index (χ4v) is 3.02. The van der Waals surface area contributed by atoms with Gasteiger partial charge in [-0.1, -0.05) is 12.1 Å². The Labute approximate surface area is 106 Å². The van der Waals surface area contributed by atoms with Crippen molar-refractivity contribution in [1.82, 2.24) is 0 Å². The van der Waals surface area contributed by atoms with Crippen molar-refractivity contribution in [2.45, 2.75) is 25.0 Å². The van der Waals surface area contributed by atoms with Gasteiger partial charge in [-0.3, -0.25) is 0 Å². The van der Waals surface area contributed by atoms with Gasteiger partial charge in [0.2, 0.25) is 0 Å². The zero-order valence-electron chi connectivity index (χ0n) is 9.77. The molecular formula is C13H18FNOS. The Balaban J connectivity index is 1.72. The molecule has 17 heavy (non-hydrogen) atoms. The molecule has 2 N–H and O–H groups in total. The van der Waals surface area contributed by atoms with Gasteiger partial charge in [0.05, 0.1) is 6.10 Å². The van der Waals surface area contributed by atoms with E-state index in [1.807, 2.05) is 11.8 Å². The van der Waals surface area contributed by atoms with Crippen LogP contribution in [0.2, 0.25) is 0 Å². The number of hydrogen-bond acceptors (Lipinski definition) is 3. The van der Waals surface area contributed by atoms with E-state index < -0.39 is 0 Å². The van der Waals surface area contributed by atoms with Crippen LogP contribution < -0.4 is 5.73 Å². The lowest BCUT2D eigenvalue weighted by atomic mass is 10.1. The molecule has 1 fully saturated rings. The number of hydrogen-bond donors (Lipinski definition) is 1. The van der Waals surface area contributed by atoms with E-state index >= 15 is 0 Å². The van der Waals surface area contributed by atoms with Gasteiger partial charge in [-0.2, -0.15) is 11.8 Å². The number of nitrogens with two attached hydrogens (primary N) is 1. The molecule has 1 aliphatic rings. The lowest BCUT2D eigenvalue weighted by molar-refractivity contribution is 0.129. The molecule has 1 aliphatic heterocycles. The van der Waals surface area contributed by atoms with Crippen LogP contribution in [-0.4, -0.2) is 24.2 Å². The second kappa shape index (κ2) is 6.38. The van der Waals surface area contributed by atoms with Crippen LogP contribution in [0.5, 0.6) is 0 Å². The molecule has 1 saturated heterocycles. The molecule has 0 amide bonds. The highest BCUT2D eigenvalue weighted by molar-refractivity contribution is 7.99. The van der Waals surface area contributed by atoms with Crippen LogP contribution in [0, 0.1) is 5.82 Å². The maximum atomic E-state index is 12.7. The van der Waals surface area contributed by atoms with Crippen molar-refractivity contribution in [2.75, 3.05) is 18.1 Å². The SMILES string of the molecule is NC(CSCC1CCCO1)c1ccc(F)cc1. The van der Waals surface area contributed by atoms with Crippen molar-refractivity contribution >= 4 is 11.8 Å². The lowest BCUT2D eigenvalue weighted by Gasteiger charge is -2.13. The van der Waals surface area contributed by atoms with Crippen LogP contribution in [0.25, 0.3) is 0 Å². The van der Waals surface area contributed by atoms with Gasteiger partial charge in [0.15, 0.2) is 0 Å². The Morgan fingerprint density at radius 3 is 2.82 bits per heavy atom. The molecule has 1 aromatic carbocycles. The van der Waals surface area contributed by atoms with Gasteiger partial charge in [0.25, 0.3) is 0 Å². The normalized spacial score (nSPS) is 21.6. The smallest absolute Gasteiger partial charge is 0.123 e. The highest BCUT2D eigenvalue weighted by Crippen LogP contribution is 2.21. The molecule has 2 unspecified atom stereocenters. The summed E-state index contributed by atoms with van der Waals surface area (Å²) in [5.41, 5.74) is 7.04. The fraction of sp³-hybridized carbons (Fsp3) is 0.538. The molecule has 0 spiro atoms. The van der Waals surface area contributed by atoms with Crippen LogP contribution in [0.4, 0.5) is 4.39 Å². The van der Waals surface area contributed by atoms with Crippen LogP contribution in [0.1, 0.15) is 24.4 Å². The highest BCUT2D eigenvalue weighted by Gasteiger charge is 2.16. The van der Waals surface area contributed by atoms with Crippen molar-refractivity contribution < 1.29 is 9.13 Å². The van der Waals surface area contributed by atoms with E-state index in [4.69, 9.17) is 10.5 Å². The largest absolute Gasteiger partial charge is 0.377 e. The number of thioether (sulfide) groups is 1. The van der Waals surface area contributed by atoms with Crippen molar-refractivity contribution in [3.8, 4) is 0 Å². The zero-order chi connectivity index (χ0) is 12.1. The molecule has 0 saturated carbocycles. The Kier molecular flexibility index (Phi) is 4.83. The molecule has 2 rings (SSSR count). The third kappa shape index (κ3) is 3.98. The third-order valence-electron chi connectivity index (χ3n) is 2.92. The van der Waals surface area contributed by atoms with E-state index in [9.17, 15) is 4.39 Å². The monoisotopic (exact) mass is 255 g/mol. The molecule has 94 valence electrons. The summed E-state index contributed by atoms with van der Waals surface area (Å²) >= 11 is 1.81. The summed E-state index contributed by atoms with van der Waals surface area (Å²) in [5.74, 6) is 1.65. The first-order valence-corrected chi connectivity index (χ1v) is 7.11. The quantitative estimate of drug-likeness (QED) is 0.878. The molecular weight excluding hydrogens is 237 g/mol. The van der Waals surface area contributed by atoms with Crippen molar-refractivity contribution in [3.05, 3.63) is 35.6 Å². The maximum absolute atomic E-state index is 12.7. The summed E-state index contributed by atoms with van der Waals surface area (Å²) < 4.78 is 18.3. The van der Waals surface area contributed by atoms with E-state index in [2.05, 4.69) is 0 Å². The number of ether oxygens (including phenoxy) is 1. The highest BCUT2D eigenvalue weighted by atomic mass is 32.2. The first-order chi connectivity index (χ1) is 8.25. The van der Waals surface area contributed by atoms with Gasteiger partial charge < -0.3 is 10.5 Å². The summed E-state index contributed by atoms with van der Waals surface area (Å²) in [7, 11) is 0. The minimum atomic E-state index is -0.215. The molecule has 0 radical (unpaired) electrons. The minimum Gasteiger partial charge on any atom is -0.377 e. The molecule has 0 bridgehead atoms. The Morgan fingerprint density at radius 2 is 2.18 bits per heavy atom. The molecule has 0 aromatic heterocycles. The molecule has 0 aliphatic carbocycles. The Bertz CT molecular complexity index is 338. The van der Waals surface area contributed by atoms with Gasteiger partial charge >= 0.3 is 0 Å². The summed E-state index contributed by atoms with van der Waals surface area (Å²) in [6.07, 6.45) is 2.74. The van der Waals surface area contributed by atoms with Gasteiger partial charge in [-0.25, -0.2) is 4.39 Å². The second-order valence-electron chi connectivity index (χ2n) is 4.33. The van der Waals surface area contributed by atoms with E-state index in [-0.39, 0.29) is 11.9 Å². The van der Waals surface area contributed by atoms with Gasteiger partial charge in [-0.15, -0.1) is 0 Å². The Morgan fingerprint density at radius 1 is 1.41 bits per heavy atom. The van der Waals surface area contributed by atoms with Gasteiger partial charge in [0, 0.05) is 24.2 Å². The van der Waals surface area contributed by atoms with Crippen LogP contribution in [0.3, 0.4) is 0 Å². The summed E-state index contributed by atoms with van der Waals surface area (Å²) in [6, 6.07) is 6.40. The molecule has 4 heteroatoms. The average molecular weight is 255 g/mol. The lowest BCUT2D eigenvalue weighted by Crippen LogP contribution is -2.15. The zero-order valence-corrected chi connectivity index (χ0v) is 10.6. The van der Waals surface area contributed by atoms with Crippen molar-refractivity contribution in [2.24, 2.45) is 5.73 Å². The van der Waals surface area contributed by atoms with Crippen LogP contribution in [-0.2, 0) is 4.74 Å². The van der Waals surface area contributed by atoms with E-state index in [0.29, 0.717) is 6.10 Å². The van der Waals surface area contributed by atoms with E-state index in [1.165, 1.54) is 25.0 Å². The topological polar surface area (TPSA) is 35.2 Å². The number of benzene rings is 1. The summed E-state index contributed by atoms with van der Waals surface area (Å²) in [6.45, 7) is 0.898. The predicted octanol–water partition coefficient (Wildman–Crippen LogP) is 2.74. The number of rotatable bonds is 5. The van der Waals surface area contributed by atoms with Crippen molar-refractivity contribution in [3.63, 3.8) is 0 Å². The van der Waals surface area contributed by atoms with E-state index in [0.717, 1.165) is 23.7 Å². The molecule has 1 heterocycles. The predicted molar refractivity (Wildman–Crippen MR) is 69.6 cm³/mol. The van der Waals surface area contributed by atoms with Crippen molar-refractivity contribution in [1.29, 1.82) is 0 Å². The first-order valence-electron chi connectivity index (χ1n) is 5.96. The minimum absolute atomic E-state index is 0.0259. The summed E-state index contributed by atoms with van der Waals surface area (Å²) in [5, 5.41) is 0. The van der Waals surface area contributed by atoms with Gasteiger partial charge in [-0.05, 0) is 30.5 Å². The van der Waals surface area contributed by atoms with Crippen LogP contribution in [0.15, 0.2) is 24.3 Å². The molecule has 1 aromatic rings. The average Bonchev–Trinajstić information content (AvgIpc) is 2.83. The second-order valence-corrected chi connectivity index (χ2v) is 5.41. The fourth-order valence-electron chi connectivity index (χ4n) is 1.91. The third-order valence-corrected chi connectivity index (χ3v) is 4.13. The molecule has 2 nitrogen and oxygen atoms in total. The van der Waals surface area contributed by atoms with Crippen LogP contribution >= 0.6 is 11.8 Å². The first kappa shape index (κ1) is 12.9. The van der Waals surface area contributed by atoms with Gasteiger partial charge in [0.1, 0.15) is 5.82 Å². The summed E-state index contributed by atoms with van der Waals surface area (Å²) in [4.78, 5) is 0. The standard InChI is InChI=1S/C13H18FNOS/c14-11-5-3-10(4-6-11)13(15)9-17-8-12-2-1-7-16-12/h3-6,12-13H,1-2,7-9,15H2. The van der Waals surface area contributed by atoms with E-state index in [1.54, 1.807) is 12.1 Å².